The number of anilines is 1. The molecule has 1 aliphatic rings. The first-order chi connectivity index (χ1) is 16.1. The molecule has 33 heavy (non-hydrogen) atoms. The summed E-state index contributed by atoms with van der Waals surface area (Å²) in [5.41, 5.74) is 9.98. The number of hydrogen-bond acceptors (Lipinski definition) is 8. The van der Waals surface area contributed by atoms with Gasteiger partial charge in [0.25, 0.3) is 0 Å². The molecule has 4 N–H and O–H groups in total. The summed E-state index contributed by atoms with van der Waals surface area (Å²) in [5, 5.41) is 15.6. The lowest BCUT2D eigenvalue weighted by molar-refractivity contribution is 0.401. The Labute approximate surface area is 192 Å². The van der Waals surface area contributed by atoms with Crippen LogP contribution >= 0.6 is 0 Å². The lowest BCUT2D eigenvalue weighted by Gasteiger charge is -2.18. The molecule has 2 heterocycles. The molecule has 1 saturated heterocycles. The molecule has 0 amide bonds. The minimum Gasteiger partial charge on any atom is -0.496 e. The van der Waals surface area contributed by atoms with Gasteiger partial charge in [-0.2, -0.15) is 5.26 Å². The van der Waals surface area contributed by atoms with Gasteiger partial charge in [0.1, 0.15) is 23.5 Å². The summed E-state index contributed by atoms with van der Waals surface area (Å²) < 4.78 is 18.8. The van der Waals surface area contributed by atoms with E-state index in [4.69, 9.17) is 10.00 Å². The van der Waals surface area contributed by atoms with Crippen molar-refractivity contribution in [2.75, 3.05) is 12.4 Å². The normalized spacial score (nSPS) is 18.5. The number of benzene rings is 2. The monoisotopic (exact) mass is 447 g/mol. The summed E-state index contributed by atoms with van der Waals surface area (Å²) >= 11 is 0. The number of hydrazine groups is 1. The molecule has 1 fully saturated rings. The lowest BCUT2D eigenvalue weighted by atomic mass is 10.0. The van der Waals surface area contributed by atoms with E-state index in [9.17, 15) is 4.39 Å². The van der Waals surface area contributed by atoms with Crippen molar-refractivity contribution in [2.45, 2.75) is 38.1 Å². The molecule has 0 radical (unpaired) electrons. The van der Waals surface area contributed by atoms with E-state index in [-0.39, 0.29) is 29.8 Å². The van der Waals surface area contributed by atoms with Crippen molar-refractivity contribution in [3.8, 4) is 11.8 Å². The molecule has 2 unspecified atom stereocenters. The van der Waals surface area contributed by atoms with Crippen LogP contribution in [0.3, 0.4) is 0 Å². The zero-order chi connectivity index (χ0) is 23.2. The van der Waals surface area contributed by atoms with E-state index in [1.54, 1.807) is 25.4 Å². The minimum atomic E-state index is -0.233. The van der Waals surface area contributed by atoms with Gasteiger partial charge in [-0.25, -0.2) is 25.2 Å². The summed E-state index contributed by atoms with van der Waals surface area (Å²) in [6.45, 7) is 2.71. The molecule has 0 saturated carbocycles. The van der Waals surface area contributed by atoms with Gasteiger partial charge in [-0.15, -0.1) is 0 Å². The zero-order valence-corrected chi connectivity index (χ0v) is 18.5. The number of hydrogen-bond donors (Lipinski definition) is 4. The van der Waals surface area contributed by atoms with Crippen molar-refractivity contribution in [3.63, 3.8) is 0 Å². The summed E-state index contributed by atoms with van der Waals surface area (Å²) in [6.07, 6.45) is 3.69. The predicted octanol–water partition coefficient (Wildman–Crippen LogP) is 3.32. The summed E-state index contributed by atoms with van der Waals surface area (Å²) in [7, 11) is 1.67. The van der Waals surface area contributed by atoms with Crippen LogP contribution in [0.25, 0.3) is 0 Å². The van der Waals surface area contributed by atoms with Crippen molar-refractivity contribution in [1.29, 1.82) is 5.26 Å². The number of rotatable bonds is 8. The Hall–Kier alpha value is -3.58. The Morgan fingerprint density at radius 1 is 1.18 bits per heavy atom. The van der Waals surface area contributed by atoms with Gasteiger partial charge in [0.15, 0.2) is 5.69 Å². The second kappa shape index (κ2) is 10.4. The molecule has 8 nitrogen and oxygen atoms in total. The molecule has 0 aliphatic carbocycles. The fraction of sp³-hybridized carbons (Fsp3) is 0.292. The Balaban J connectivity index is 1.36. The van der Waals surface area contributed by atoms with E-state index in [1.165, 1.54) is 18.3 Å². The van der Waals surface area contributed by atoms with Crippen LogP contribution in [0.2, 0.25) is 0 Å². The van der Waals surface area contributed by atoms with E-state index in [0.717, 1.165) is 28.9 Å². The fourth-order valence-corrected chi connectivity index (χ4v) is 3.79. The van der Waals surface area contributed by atoms with Crippen LogP contribution in [-0.4, -0.2) is 23.2 Å². The summed E-state index contributed by atoms with van der Waals surface area (Å²) in [4.78, 5) is 8.23. The highest BCUT2D eigenvalue weighted by Crippen LogP contribution is 2.31. The molecule has 4 rings (SSSR count). The van der Waals surface area contributed by atoms with E-state index < -0.39 is 0 Å². The van der Waals surface area contributed by atoms with Crippen LogP contribution in [0.15, 0.2) is 54.9 Å². The van der Waals surface area contributed by atoms with Crippen LogP contribution in [0, 0.1) is 17.1 Å². The maximum atomic E-state index is 13.1. The first kappa shape index (κ1) is 22.6. The predicted molar refractivity (Wildman–Crippen MR) is 122 cm³/mol. The lowest BCUT2D eigenvalue weighted by Crippen LogP contribution is -2.36. The second-order valence-electron chi connectivity index (χ2n) is 7.90. The number of nitrogens with zero attached hydrogens (tertiary/aromatic N) is 3. The van der Waals surface area contributed by atoms with Crippen LogP contribution in [-0.2, 0) is 6.54 Å². The van der Waals surface area contributed by atoms with E-state index in [0.29, 0.717) is 12.4 Å². The van der Waals surface area contributed by atoms with Crippen molar-refractivity contribution in [1.82, 2.24) is 26.1 Å². The largest absolute Gasteiger partial charge is 0.496 e. The van der Waals surface area contributed by atoms with Crippen LogP contribution in [0.1, 0.15) is 47.8 Å². The van der Waals surface area contributed by atoms with Gasteiger partial charge >= 0.3 is 0 Å². The molecule has 9 heteroatoms. The Morgan fingerprint density at radius 3 is 2.70 bits per heavy atom. The van der Waals surface area contributed by atoms with E-state index in [1.807, 2.05) is 12.1 Å². The number of nitriles is 1. The van der Waals surface area contributed by atoms with Gasteiger partial charge in [-0.3, -0.25) is 0 Å². The number of nitrogens with one attached hydrogen (secondary N) is 4. The van der Waals surface area contributed by atoms with E-state index >= 15 is 0 Å². The molecule has 3 atom stereocenters. The van der Waals surface area contributed by atoms with Gasteiger partial charge in [0.2, 0.25) is 0 Å². The molecular formula is C24H26FN7O. The van der Waals surface area contributed by atoms with E-state index in [2.05, 4.69) is 50.5 Å². The zero-order valence-electron chi connectivity index (χ0n) is 18.5. The maximum Gasteiger partial charge on any atom is 0.158 e. The highest BCUT2D eigenvalue weighted by Gasteiger charge is 2.27. The first-order valence-electron chi connectivity index (χ1n) is 10.7. The van der Waals surface area contributed by atoms with Gasteiger partial charge in [-0.1, -0.05) is 24.3 Å². The topological polar surface area (TPSA) is 107 Å². The van der Waals surface area contributed by atoms with Crippen molar-refractivity contribution >= 4 is 5.82 Å². The van der Waals surface area contributed by atoms with Gasteiger partial charge in [0.05, 0.1) is 31.7 Å². The maximum absolute atomic E-state index is 13.1. The number of methoxy groups -OCH3 is 1. The van der Waals surface area contributed by atoms with Crippen molar-refractivity contribution < 1.29 is 9.13 Å². The standard InChI is InChI=1S/C24H26FN7O/c1-15(17-4-6-18(25)7-5-17)27-12-16-3-8-20(22(9-16)33-2)21-10-23(32-31-21)30-24-14-28-19(11-26)13-29-24/h3-9,13-15,21,23,27,31-32H,10,12H2,1-2H3,(H,29,30)/t15-,21?,23?/m1/s1. The molecule has 0 spiro atoms. The Kier molecular flexibility index (Phi) is 7.10. The average molecular weight is 448 g/mol. The van der Waals surface area contributed by atoms with Crippen molar-refractivity contribution in [2.24, 2.45) is 0 Å². The molecule has 1 aliphatic heterocycles. The smallest absolute Gasteiger partial charge is 0.158 e. The number of ether oxygens (including phenoxy) is 1. The molecule has 170 valence electrons. The number of aromatic nitrogens is 2. The minimum absolute atomic E-state index is 0.0453. The third-order valence-electron chi connectivity index (χ3n) is 5.65. The first-order valence-corrected chi connectivity index (χ1v) is 10.7. The second-order valence-corrected chi connectivity index (χ2v) is 7.90. The molecule has 3 aromatic rings. The Morgan fingerprint density at radius 2 is 2.00 bits per heavy atom. The summed E-state index contributed by atoms with van der Waals surface area (Å²) in [5.74, 6) is 1.17. The third kappa shape index (κ3) is 5.62. The average Bonchev–Trinajstić information content (AvgIpc) is 3.31. The highest BCUT2D eigenvalue weighted by molar-refractivity contribution is 5.41. The van der Waals surface area contributed by atoms with Crippen LogP contribution in [0.5, 0.6) is 5.75 Å². The molecule has 1 aromatic heterocycles. The van der Waals surface area contributed by atoms with Gasteiger partial charge in [0, 0.05) is 24.6 Å². The molecular weight excluding hydrogens is 421 g/mol. The SMILES string of the molecule is COc1cc(CN[C@H](C)c2ccc(F)cc2)ccc1C1CC(Nc2cnc(C#N)cn2)NN1. The Bertz CT molecular complexity index is 1120. The quantitative estimate of drug-likeness (QED) is 0.417. The number of halogens is 1. The molecule has 0 bridgehead atoms. The summed E-state index contributed by atoms with van der Waals surface area (Å²) in [6, 6.07) is 14.8. The highest BCUT2D eigenvalue weighted by atomic mass is 19.1. The van der Waals surface area contributed by atoms with Gasteiger partial charge in [-0.05, 0) is 36.2 Å². The fourth-order valence-electron chi connectivity index (χ4n) is 3.79. The van der Waals surface area contributed by atoms with Crippen LogP contribution < -0.4 is 26.2 Å². The van der Waals surface area contributed by atoms with Crippen LogP contribution in [0.4, 0.5) is 10.2 Å². The third-order valence-corrected chi connectivity index (χ3v) is 5.65. The molecule has 2 aromatic carbocycles. The van der Waals surface area contributed by atoms with Crippen molar-refractivity contribution in [3.05, 3.63) is 83.1 Å². The van der Waals surface area contributed by atoms with Gasteiger partial charge < -0.3 is 15.4 Å².